The first-order valence-electron chi connectivity index (χ1n) is 8.72. The van der Waals surface area contributed by atoms with Crippen LogP contribution in [0.4, 0.5) is 0 Å². The molecule has 0 aliphatic heterocycles. The third-order valence-electron chi connectivity index (χ3n) is 4.72. The molecule has 0 bridgehead atoms. The average Bonchev–Trinajstić information content (AvgIpc) is 3.33. The van der Waals surface area contributed by atoms with Crippen molar-refractivity contribution in [3.63, 3.8) is 0 Å². The first kappa shape index (κ1) is 19.2. The minimum atomic E-state index is -0.368. The third-order valence-corrected chi connectivity index (χ3v) is 7.71. The summed E-state index contributed by atoms with van der Waals surface area (Å²) in [5.74, 6) is 1.87. The van der Waals surface area contributed by atoms with E-state index < -0.39 is 0 Å². The van der Waals surface area contributed by atoms with Crippen LogP contribution in [0.25, 0.3) is 0 Å². The molecule has 7 heteroatoms. The first-order valence-corrected chi connectivity index (χ1v) is 11.6. The van der Waals surface area contributed by atoms with Crippen molar-refractivity contribution in [1.29, 1.82) is 0 Å². The van der Waals surface area contributed by atoms with Gasteiger partial charge in [-0.2, -0.15) is 10.9 Å². The predicted octanol–water partition coefficient (Wildman–Crippen LogP) is 5.00. The summed E-state index contributed by atoms with van der Waals surface area (Å²) >= 11 is 1.73. The molecule has 0 N–H and O–H groups in total. The van der Waals surface area contributed by atoms with Crippen LogP contribution >= 0.6 is 22.2 Å². The van der Waals surface area contributed by atoms with E-state index in [-0.39, 0.29) is 21.7 Å². The Kier molecular flexibility index (Phi) is 5.58. The molecule has 0 aliphatic rings. The van der Waals surface area contributed by atoms with E-state index in [4.69, 9.17) is 8.83 Å². The zero-order chi connectivity index (χ0) is 18.8. The number of thiazole rings is 1. The molecule has 26 heavy (non-hydrogen) atoms. The molecule has 5 nitrogen and oxygen atoms in total. The summed E-state index contributed by atoms with van der Waals surface area (Å²) in [6.07, 6.45) is 11.0. The van der Waals surface area contributed by atoms with Crippen LogP contribution in [0.5, 0.6) is 0 Å². The van der Waals surface area contributed by atoms with Gasteiger partial charge in [-0.05, 0) is 18.4 Å². The number of hydrogen-bond donors (Lipinski definition) is 1. The second-order valence-electron chi connectivity index (χ2n) is 7.92. The van der Waals surface area contributed by atoms with Gasteiger partial charge in [0.1, 0.15) is 6.26 Å². The highest BCUT2D eigenvalue weighted by Gasteiger charge is 2.27. The molecular formula is C19H27N3O2S2. The van der Waals surface area contributed by atoms with Crippen LogP contribution in [0, 0.1) is 0 Å². The average molecular weight is 394 g/mol. The molecule has 3 heterocycles. The van der Waals surface area contributed by atoms with Crippen molar-refractivity contribution in [3.8, 4) is 0 Å². The standard InChI is InChI=1S/C19H27N3O2S2/c1-18(2,17-20-7-8-25-17)6-9-26(5)16-11-21-15(24-16)10-19(3,4)14-12-23-13-22-14/h7-8,11-13,26H,6,9-10H2,1-5H3. The summed E-state index contributed by atoms with van der Waals surface area (Å²) in [6, 6.07) is 0. The minimum Gasteiger partial charge on any atom is -0.451 e. The Morgan fingerprint density at radius 2 is 1.92 bits per heavy atom. The maximum atomic E-state index is 6.08. The van der Waals surface area contributed by atoms with Gasteiger partial charge in [-0.3, -0.25) is 0 Å². The zero-order valence-electron chi connectivity index (χ0n) is 16.0. The monoisotopic (exact) mass is 393 g/mol. The number of hydrogen-bond acceptors (Lipinski definition) is 6. The number of thiol groups is 1. The van der Waals surface area contributed by atoms with Crippen LogP contribution in [0.15, 0.2) is 44.4 Å². The van der Waals surface area contributed by atoms with E-state index in [1.807, 2.05) is 17.8 Å². The molecule has 142 valence electrons. The Morgan fingerprint density at radius 3 is 2.58 bits per heavy atom. The fourth-order valence-electron chi connectivity index (χ4n) is 2.80. The fraction of sp³-hybridized carbons (Fsp3) is 0.526. The molecule has 3 rings (SSSR count). The lowest BCUT2D eigenvalue weighted by Gasteiger charge is -2.24. The Morgan fingerprint density at radius 1 is 1.12 bits per heavy atom. The SMILES string of the molecule is C[SH](CCC(C)(C)c1nccs1)c1cnc(CC(C)(C)c2cocn2)o1. The smallest absolute Gasteiger partial charge is 0.196 e. The molecule has 0 saturated heterocycles. The molecule has 0 aliphatic carbocycles. The number of rotatable bonds is 8. The van der Waals surface area contributed by atoms with Gasteiger partial charge in [0.2, 0.25) is 0 Å². The number of oxazole rings is 2. The summed E-state index contributed by atoms with van der Waals surface area (Å²) in [5, 5.41) is 4.26. The summed E-state index contributed by atoms with van der Waals surface area (Å²) in [5.41, 5.74) is 0.849. The van der Waals surface area contributed by atoms with Crippen molar-refractivity contribution in [2.45, 2.75) is 56.5 Å². The van der Waals surface area contributed by atoms with Crippen molar-refractivity contribution >= 4 is 22.2 Å². The van der Waals surface area contributed by atoms with E-state index in [0.717, 1.165) is 28.9 Å². The van der Waals surface area contributed by atoms with Gasteiger partial charge in [0.15, 0.2) is 17.4 Å². The maximum absolute atomic E-state index is 6.08. The Hall–Kier alpha value is -1.60. The lowest BCUT2D eigenvalue weighted by atomic mass is 9.86. The van der Waals surface area contributed by atoms with Gasteiger partial charge in [0, 0.05) is 28.8 Å². The lowest BCUT2D eigenvalue weighted by molar-refractivity contribution is 0.373. The Bertz CT molecular complexity index is 808. The molecule has 0 spiro atoms. The Labute approximate surface area is 161 Å². The van der Waals surface area contributed by atoms with Crippen LogP contribution in [-0.4, -0.2) is 27.0 Å². The van der Waals surface area contributed by atoms with E-state index in [0.29, 0.717) is 6.42 Å². The van der Waals surface area contributed by atoms with Gasteiger partial charge in [-0.1, -0.05) is 27.7 Å². The van der Waals surface area contributed by atoms with Gasteiger partial charge in [0.05, 0.1) is 16.9 Å². The lowest BCUT2D eigenvalue weighted by Crippen LogP contribution is -2.21. The third kappa shape index (κ3) is 4.38. The van der Waals surface area contributed by atoms with Gasteiger partial charge >= 0.3 is 0 Å². The van der Waals surface area contributed by atoms with E-state index in [2.05, 4.69) is 48.9 Å². The highest BCUT2D eigenvalue weighted by molar-refractivity contribution is 8.16. The summed E-state index contributed by atoms with van der Waals surface area (Å²) < 4.78 is 11.2. The predicted molar refractivity (Wildman–Crippen MR) is 108 cm³/mol. The van der Waals surface area contributed by atoms with Crippen molar-refractivity contribution in [3.05, 3.63) is 47.0 Å². The molecule has 3 aromatic rings. The molecule has 1 atom stereocenters. The molecule has 3 aromatic heterocycles. The second-order valence-corrected chi connectivity index (χ2v) is 11.1. The second kappa shape index (κ2) is 7.56. The van der Waals surface area contributed by atoms with Crippen LogP contribution in [0.2, 0.25) is 0 Å². The van der Waals surface area contributed by atoms with Crippen LogP contribution < -0.4 is 0 Å². The summed E-state index contributed by atoms with van der Waals surface area (Å²) in [7, 11) is -0.368. The Balaban J connectivity index is 1.60. The van der Waals surface area contributed by atoms with E-state index in [9.17, 15) is 0 Å². The highest BCUT2D eigenvalue weighted by Crippen LogP contribution is 2.39. The molecule has 0 radical (unpaired) electrons. The largest absolute Gasteiger partial charge is 0.451 e. The molecule has 0 amide bonds. The fourth-order valence-corrected chi connectivity index (χ4v) is 5.22. The van der Waals surface area contributed by atoms with Gasteiger partial charge in [-0.25, -0.2) is 15.0 Å². The normalized spacial score (nSPS) is 14.6. The van der Waals surface area contributed by atoms with Gasteiger partial charge < -0.3 is 8.83 Å². The number of aromatic nitrogens is 3. The zero-order valence-corrected chi connectivity index (χ0v) is 17.7. The van der Waals surface area contributed by atoms with E-state index >= 15 is 0 Å². The maximum Gasteiger partial charge on any atom is 0.196 e. The topological polar surface area (TPSA) is 65.0 Å². The van der Waals surface area contributed by atoms with E-state index in [1.54, 1.807) is 17.6 Å². The molecule has 0 aromatic carbocycles. The minimum absolute atomic E-state index is 0.0998. The molecule has 1 unspecified atom stereocenters. The van der Waals surface area contributed by atoms with Crippen LogP contribution in [0.1, 0.15) is 50.7 Å². The molecule has 0 saturated carbocycles. The molecular weight excluding hydrogens is 366 g/mol. The van der Waals surface area contributed by atoms with Crippen LogP contribution in [0.3, 0.4) is 0 Å². The van der Waals surface area contributed by atoms with Crippen molar-refractivity contribution in [1.82, 2.24) is 15.0 Å². The van der Waals surface area contributed by atoms with Gasteiger partial charge in [0.25, 0.3) is 0 Å². The van der Waals surface area contributed by atoms with E-state index in [1.165, 1.54) is 11.4 Å². The first-order chi connectivity index (χ1) is 12.3. The van der Waals surface area contributed by atoms with Crippen LogP contribution in [-0.2, 0) is 17.3 Å². The van der Waals surface area contributed by atoms with Crippen molar-refractivity contribution < 1.29 is 8.83 Å². The van der Waals surface area contributed by atoms with Gasteiger partial charge in [-0.15, -0.1) is 11.3 Å². The summed E-state index contributed by atoms with van der Waals surface area (Å²) in [4.78, 5) is 13.3. The van der Waals surface area contributed by atoms with Crippen molar-refractivity contribution in [2.75, 3.05) is 12.0 Å². The highest BCUT2D eigenvalue weighted by atomic mass is 32.2. The quantitative estimate of drug-likeness (QED) is 0.546. The summed E-state index contributed by atoms with van der Waals surface area (Å²) in [6.45, 7) is 8.78. The molecule has 0 fully saturated rings. The van der Waals surface area contributed by atoms with Crippen molar-refractivity contribution in [2.24, 2.45) is 0 Å². The number of nitrogens with zero attached hydrogens (tertiary/aromatic N) is 3.